The lowest BCUT2D eigenvalue weighted by molar-refractivity contribution is 0.209. The van der Waals surface area contributed by atoms with Crippen molar-refractivity contribution >= 4 is 17.7 Å². The van der Waals surface area contributed by atoms with Crippen molar-refractivity contribution < 1.29 is 9.47 Å². The Bertz CT molecular complexity index is 1490. The summed E-state index contributed by atoms with van der Waals surface area (Å²) in [5.74, 6) is 1.54. The first-order valence-electron chi connectivity index (χ1n) is 16.0. The molecule has 1 atom stereocenters. The smallest absolute Gasteiger partial charge is 0.161 e. The quantitative estimate of drug-likeness (QED) is 0.178. The molecule has 0 amide bonds. The van der Waals surface area contributed by atoms with Gasteiger partial charge in [0.05, 0.1) is 25.7 Å². The van der Waals surface area contributed by atoms with Gasteiger partial charge in [-0.3, -0.25) is 0 Å². The van der Waals surface area contributed by atoms with Crippen LogP contribution in [-0.2, 0) is 5.41 Å². The number of hydrogen-bond donors (Lipinski definition) is 0. The van der Waals surface area contributed by atoms with Crippen LogP contribution in [0.2, 0.25) is 0 Å². The standard InChI is InChI=1S/C39H47N3O2/c1-29(2)39(28-40,33-17-18-36(43-4)37(27-33)44-5)21-10-22-41(3)25-26-42-23-19-32(20-24-42)38-34-13-8-6-11-30(34)15-16-31-12-7-9-14-35(31)38/h6-9,11-18,27,29H,10,19-26H2,1-5H3. The third kappa shape index (κ3) is 6.62. The highest BCUT2D eigenvalue weighted by Crippen LogP contribution is 2.41. The van der Waals surface area contributed by atoms with E-state index in [4.69, 9.17) is 9.47 Å². The van der Waals surface area contributed by atoms with Gasteiger partial charge in [0.1, 0.15) is 0 Å². The van der Waals surface area contributed by atoms with Gasteiger partial charge in [0.2, 0.25) is 0 Å². The van der Waals surface area contributed by atoms with E-state index in [2.05, 4.69) is 97.4 Å². The van der Waals surface area contributed by atoms with Crippen LogP contribution in [0.3, 0.4) is 0 Å². The maximum absolute atomic E-state index is 10.4. The van der Waals surface area contributed by atoms with Gasteiger partial charge in [-0.25, -0.2) is 0 Å². The van der Waals surface area contributed by atoms with E-state index in [0.717, 1.165) is 64.0 Å². The van der Waals surface area contributed by atoms with Crippen LogP contribution >= 0.6 is 0 Å². The second-order valence-electron chi connectivity index (χ2n) is 12.5. The third-order valence-corrected chi connectivity index (χ3v) is 9.71. The van der Waals surface area contributed by atoms with Crippen LogP contribution < -0.4 is 9.47 Å². The Balaban J connectivity index is 1.18. The number of ether oxygens (including phenoxy) is 2. The molecule has 0 N–H and O–H groups in total. The highest BCUT2D eigenvalue weighted by Gasteiger charge is 2.36. The SMILES string of the molecule is COc1ccc(C(C#N)(CCCN(C)CCN2CCC(=C3c4ccccc4C=Cc4ccccc43)CC2)C(C)C)cc1OC. The Morgan fingerprint density at radius 3 is 2.05 bits per heavy atom. The van der Waals surface area contributed by atoms with Crippen LogP contribution in [0.1, 0.15) is 67.3 Å². The topological polar surface area (TPSA) is 48.7 Å². The monoisotopic (exact) mass is 589 g/mol. The number of fused-ring (bicyclic) bond motifs is 2. The van der Waals surface area contributed by atoms with Crippen molar-refractivity contribution in [1.82, 2.24) is 9.80 Å². The molecule has 0 aromatic heterocycles. The number of benzene rings is 3. The fraction of sp³-hybridized carbons (Fsp3) is 0.410. The summed E-state index contributed by atoms with van der Waals surface area (Å²) in [5, 5.41) is 10.4. The number of methoxy groups -OCH3 is 2. The average Bonchev–Trinajstić information content (AvgIpc) is 3.22. The minimum absolute atomic E-state index is 0.177. The second-order valence-corrected chi connectivity index (χ2v) is 12.5. The van der Waals surface area contributed by atoms with Crippen LogP contribution in [-0.4, -0.2) is 63.8 Å². The van der Waals surface area contributed by atoms with Crippen molar-refractivity contribution in [2.24, 2.45) is 5.92 Å². The number of nitrogens with zero attached hydrogens (tertiary/aromatic N) is 3. The molecule has 1 fully saturated rings. The molecule has 0 saturated carbocycles. The van der Waals surface area contributed by atoms with E-state index >= 15 is 0 Å². The van der Waals surface area contributed by atoms with Crippen molar-refractivity contribution in [2.75, 3.05) is 54.0 Å². The Labute approximate surface area is 264 Å². The molecule has 1 unspecified atom stereocenters. The van der Waals surface area contributed by atoms with Gasteiger partial charge in [-0.1, -0.05) is 86.2 Å². The lowest BCUT2D eigenvalue weighted by atomic mass is 9.69. The normalized spacial score (nSPS) is 16.2. The van der Waals surface area contributed by atoms with Crippen molar-refractivity contribution in [3.8, 4) is 17.6 Å². The van der Waals surface area contributed by atoms with E-state index in [1.54, 1.807) is 19.8 Å². The zero-order valence-electron chi connectivity index (χ0n) is 27.1. The summed E-state index contributed by atoms with van der Waals surface area (Å²) in [6.45, 7) is 9.53. The molecule has 1 aliphatic heterocycles. The number of hydrogen-bond acceptors (Lipinski definition) is 5. The Morgan fingerprint density at radius 1 is 0.864 bits per heavy atom. The molecule has 5 nitrogen and oxygen atoms in total. The average molecular weight is 590 g/mol. The molecule has 5 rings (SSSR count). The third-order valence-electron chi connectivity index (χ3n) is 9.71. The lowest BCUT2D eigenvalue weighted by Gasteiger charge is -2.33. The summed E-state index contributed by atoms with van der Waals surface area (Å²) in [7, 11) is 5.50. The molecule has 2 aliphatic rings. The number of likely N-dealkylation sites (N-methyl/N-ethyl adjacent to an activating group) is 1. The minimum atomic E-state index is -0.568. The van der Waals surface area contributed by atoms with E-state index in [0.29, 0.717) is 11.5 Å². The zero-order chi connectivity index (χ0) is 31.1. The maximum Gasteiger partial charge on any atom is 0.161 e. The summed E-state index contributed by atoms with van der Waals surface area (Å²) in [5.41, 5.74) is 8.79. The predicted octanol–water partition coefficient (Wildman–Crippen LogP) is 7.91. The largest absolute Gasteiger partial charge is 0.493 e. The fourth-order valence-corrected chi connectivity index (χ4v) is 6.92. The molecular formula is C39H47N3O2. The molecule has 1 aliphatic carbocycles. The first kappa shape index (κ1) is 31.6. The van der Waals surface area contributed by atoms with Crippen LogP contribution in [0.4, 0.5) is 0 Å². The molecule has 0 radical (unpaired) electrons. The molecule has 0 spiro atoms. The molecule has 230 valence electrons. The van der Waals surface area contributed by atoms with Gasteiger partial charge in [-0.05, 0) is 90.7 Å². The molecule has 3 aromatic rings. The van der Waals surface area contributed by atoms with Crippen LogP contribution in [0.15, 0.2) is 72.3 Å². The molecule has 3 aromatic carbocycles. The summed E-state index contributed by atoms with van der Waals surface area (Å²) < 4.78 is 11.0. The van der Waals surface area contributed by atoms with Gasteiger partial charge < -0.3 is 19.3 Å². The van der Waals surface area contributed by atoms with Gasteiger partial charge in [-0.15, -0.1) is 0 Å². The van der Waals surface area contributed by atoms with Crippen molar-refractivity contribution in [3.63, 3.8) is 0 Å². The molecule has 1 heterocycles. The number of piperidine rings is 1. The van der Waals surface area contributed by atoms with Crippen LogP contribution in [0, 0.1) is 17.2 Å². The van der Waals surface area contributed by atoms with Crippen molar-refractivity contribution in [3.05, 3.63) is 100 Å². The minimum Gasteiger partial charge on any atom is -0.493 e. The molecule has 0 bridgehead atoms. The van der Waals surface area contributed by atoms with Crippen molar-refractivity contribution in [2.45, 2.75) is 44.9 Å². The van der Waals surface area contributed by atoms with Gasteiger partial charge in [-0.2, -0.15) is 5.26 Å². The molecule has 44 heavy (non-hydrogen) atoms. The summed E-state index contributed by atoms with van der Waals surface area (Å²) in [6, 6.07) is 26.3. The van der Waals surface area contributed by atoms with Crippen molar-refractivity contribution in [1.29, 1.82) is 5.26 Å². The van der Waals surface area contributed by atoms with Crippen LogP contribution in [0.25, 0.3) is 17.7 Å². The first-order valence-corrected chi connectivity index (χ1v) is 16.0. The maximum atomic E-state index is 10.4. The summed E-state index contributed by atoms with van der Waals surface area (Å²) >= 11 is 0. The van der Waals surface area contributed by atoms with E-state index in [1.807, 2.05) is 18.2 Å². The Kier molecular flexibility index (Phi) is 10.3. The fourth-order valence-electron chi connectivity index (χ4n) is 6.92. The lowest BCUT2D eigenvalue weighted by Crippen LogP contribution is -2.38. The number of rotatable bonds is 11. The second kappa shape index (κ2) is 14.3. The number of nitriles is 1. The van der Waals surface area contributed by atoms with Gasteiger partial charge in [0, 0.05) is 26.2 Å². The van der Waals surface area contributed by atoms with Gasteiger partial charge >= 0.3 is 0 Å². The van der Waals surface area contributed by atoms with E-state index in [9.17, 15) is 5.26 Å². The zero-order valence-corrected chi connectivity index (χ0v) is 27.1. The molecular weight excluding hydrogens is 542 g/mol. The highest BCUT2D eigenvalue weighted by molar-refractivity contribution is 5.94. The Hall–Kier alpha value is -3.85. The summed E-state index contributed by atoms with van der Waals surface area (Å²) in [6.07, 6.45) is 8.50. The van der Waals surface area contributed by atoms with E-state index in [-0.39, 0.29) is 5.92 Å². The predicted molar refractivity (Wildman–Crippen MR) is 182 cm³/mol. The Morgan fingerprint density at radius 2 is 1.48 bits per heavy atom. The van der Waals surface area contributed by atoms with Crippen LogP contribution in [0.5, 0.6) is 11.5 Å². The highest BCUT2D eigenvalue weighted by atomic mass is 16.5. The van der Waals surface area contributed by atoms with E-state index in [1.165, 1.54) is 27.8 Å². The van der Waals surface area contributed by atoms with Gasteiger partial charge in [0.15, 0.2) is 11.5 Å². The summed E-state index contributed by atoms with van der Waals surface area (Å²) in [4.78, 5) is 5.04. The molecule has 5 heteroatoms. The molecule has 1 saturated heterocycles. The number of likely N-dealkylation sites (tertiary alicyclic amines) is 1. The first-order chi connectivity index (χ1) is 21.4. The van der Waals surface area contributed by atoms with Gasteiger partial charge in [0.25, 0.3) is 0 Å². The van der Waals surface area contributed by atoms with E-state index < -0.39 is 5.41 Å².